The third-order valence-electron chi connectivity index (χ3n) is 2.62. The predicted molar refractivity (Wildman–Crippen MR) is 73.3 cm³/mol. The second-order valence-electron chi connectivity index (χ2n) is 3.95. The van der Waals surface area contributed by atoms with Gasteiger partial charge in [0.25, 0.3) is 0 Å². The highest BCUT2D eigenvalue weighted by molar-refractivity contribution is 6.41. The Morgan fingerprint density at radius 1 is 1.53 bits per heavy atom. The van der Waals surface area contributed by atoms with Crippen molar-refractivity contribution >= 4 is 29.2 Å². The Morgan fingerprint density at radius 2 is 2.26 bits per heavy atom. The van der Waals surface area contributed by atoms with Gasteiger partial charge in [-0.25, -0.2) is 9.78 Å². The number of carbonyl (C=O) groups is 1. The topological polar surface area (TPSA) is 59.9 Å². The van der Waals surface area contributed by atoms with Gasteiger partial charge in [-0.15, -0.1) is 0 Å². The van der Waals surface area contributed by atoms with Gasteiger partial charge < -0.3 is 9.72 Å². The van der Waals surface area contributed by atoms with Crippen LogP contribution in [0.4, 0.5) is 0 Å². The number of carbonyl (C=O) groups excluding carboxylic acids is 1. The maximum absolute atomic E-state index is 11.8. The fraction of sp³-hybridized carbons (Fsp3) is 0.333. The number of H-pyrrole nitrogens is 1. The first kappa shape index (κ1) is 14.0. The van der Waals surface area contributed by atoms with Gasteiger partial charge >= 0.3 is 5.97 Å². The number of nitrogens with one attached hydrogen (secondary N) is 1. The molecule has 0 amide bonds. The molecule has 2 aromatic rings. The summed E-state index contributed by atoms with van der Waals surface area (Å²) in [6.07, 6.45) is 3.30. The van der Waals surface area contributed by atoms with Crippen molar-refractivity contribution < 1.29 is 9.53 Å². The molecule has 1 N–H and O–H groups in total. The van der Waals surface area contributed by atoms with E-state index in [4.69, 9.17) is 27.9 Å². The summed E-state index contributed by atoms with van der Waals surface area (Å²) >= 11 is 12.0. The fourth-order valence-corrected chi connectivity index (χ4v) is 2.09. The van der Waals surface area contributed by atoms with Gasteiger partial charge in [-0.05, 0) is 12.5 Å². The number of aryl methyl sites for hydroxylation is 1. The standard InChI is InChI=1S/C12H13Cl2N3O2/c1-3-4-8-15-9(12(18)19-2)11(16-8)17-6-5-7(13)10(17)14/h5-6H,3-4H2,1-2H3,(H,15,16). The summed E-state index contributed by atoms with van der Waals surface area (Å²) in [5.74, 6) is 0.608. The number of hydrogen-bond acceptors (Lipinski definition) is 3. The minimum absolute atomic E-state index is 0.264. The minimum atomic E-state index is -0.495. The molecule has 0 aliphatic carbocycles. The molecule has 0 saturated heterocycles. The summed E-state index contributed by atoms with van der Waals surface area (Å²) in [6, 6.07) is 1.64. The zero-order valence-corrected chi connectivity index (χ0v) is 12.0. The third-order valence-corrected chi connectivity index (χ3v) is 3.40. The number of imidazole rings is 1. The van der Waals surface area contributed by atoms with E-state index >= 15 is 0 Å². The normalized spacial score (nSPS) is 10.7. The van der Waals surface area contributed by atoms with Crippen LogP contribution in [-0.2, 0) is 11.2 Å². The van der Waals surface area contributed by atoms with Gasteiger partial charge in [-0.3, -0.25) is 4.57 Å². The van der Waals surface area contributed by atoms with Crippen LogP contribution in [0.1, 0.15) is 29.7 Å². The van der Waals surface area contributed by atoms with Gasteiger partial charge in [-0.1, -0.05) is 30.1 Å². The number of halogens is 2. The summed E-state index contributed by atoms with van der Waals surface area (Å²) in [5, 5.41) is 0.707. The monoisotopic (exact) mass is 301 g/mol. The number of methoxy groups -OCH3 is 1. The van der Waals surface area contributed by atoms with E-state index in [0.717, 1.165) is 12.8 Å². The second-order valence-corrected chi connectivity index (χ2v) is 4.71. The molecule has 19 heavy (non-hydrogen) atoms. The lowest BCUT2D eigenvalue weighted by atomic mass is 10.3. The van der Waals surface area contributed by atoms with Gasteiger partial charge in [-0.2, -0.15) is 0 Å². The van der Waals surface area contributed by atoms with Crippen molar-refractivity contribution in [2.45, 2.75) is 19.8 Å². The van der Waals surface area contributed by atoms with Gasteiger partial charge in [0, 0.05) is 12.6 Å². The number of nitrogens with zero attached hydrogens (tertiary/aromatic N) is 2. The predicted octanol–water partition coefficient (Wildman–Crippen LogP) is 3.25. The van der Waals surface area contributed by atoms with Crippen molar-refractivity contribution in [1.82, 2.24) is 14.5 Å². The molecule has 5 nitrogen and oxygen atoms in total. The largest absolute Gasteiger partial charge is 0.464 e. The zero-order valence-electron chi connectivity index (χ0n) is 10.5. The summed E-state index contributed by atoms with van der Waals surface area (Å²) in [5.41, 5.74) is 0.264. The van der Waals surface area contributed by atoms with Crippen molar-refractivity contribution in [2.75, 3.05) is 7.11 Å². The van der Waals surface area contributed by atoms with Gasteiger partial charge in [0.1, 0.15) is 11.0 Å². The molecule has 2 rings (SSSR count). The molecule has 0 radical (unpaired) electrons. The van der Waals surface area contributed by atoms with E-state index in [9.17, 15) is 4.79 Å². The van der Waals surface area contributed by atoms with Crippen LogP contribution < -0.4 is 0 Å². The maximum atomic E-state index is 11.8. The van der Waals surface area contributed by atoms with E-state index in [1.165, 1.54) is 7.11 Å². The van der Waals surface area contributed by atoms with Crippen LogP contribution in [0.15, 0.2) is 12.3 Å². The van der Waals surface area contributed by atoms with Gasteiger partial charge in [0.15, 0.2) is 11.5 Å². The summed E-state index contributed by atoms with van der Waals surface area (Å²) in [6.45, 7) is 2.03. The maximum Gasteiger partial charge on any atom is 0.358 e. The van der Waals surface area contributed by atoms with E-state index in [1.54, 1.807) is 16.8 Å². The van der Waals surface area contributed by atoms with Crippen LogP contribution in [0.25, 0.3) is 5.82 Å². The highest BCUT2D eigenvalue weighted by Crippen LogP contribution is 2.27. The Balaban J connectivity index is 2.54. The number of aromatic amines is 1. The van der Waals surface area contributed by atoms with E-state index in [-0.39, 0.29) is 5.69 Å². The Hall–Kier alpha value is -1.46. The highest BCUT2D eigenvalue weighted by atomic mass is 35.5. The fourth-order valence-electron chi connectivity index (χ4n) is 1.74. The average molecular weight is 302 g/mol. The smallest absolute Gasteiger partial charge is 0.358 e. The number of hydrogen-bond donors (Lipinski definition) is 1. The molecule has 0 aromatic carbocycles. The first-order chi connectivity index (χ1) is 9.08. The molecular formula is C12H13Cl2N3O2. The Morgan fingerprint density at radius 3 is 2.79 bits per heavy atom. The van der Waals surface area contributed by atoms with Crippen LogP contribution in [0.5, 0.6) is 0 Å². The lowest BCUT2D eigenvalue weighted by Crippen LogP contribution is -2.07. The molecule has 0 fully saturated rings. The van der Waals surface area contributed by atoms with Crippen LogP contribution in [-0.4, -0.2) is 27.6 Å². The third kappa shape index (κ3) is 2.62. The molecule has 2 aromatic heterocycles. The highest BCUT2D eigenvalue weighted by Gasteiger charge is 2.21. The van der Waals surface area contributed by atoms with Crippen molar-refractivity contribution in [2.24, 2.45) is 0 Å². The summed E-state index contributed by atoms with van der Waals surface area (Å²) < 4.78 is 6.28. The van der Waals surface area contributed by atoms with Gasteiger partial charge in [0.2, 0.25) is 0 Å². The van der Waals surface area contributed by atoms with Crippen LogP contribution >= 0.6 is 23.2 Å². The molecule has 0 aliphatic heterocycles. The molecule has 0 saturated carbocycles. The molecule has 0 unspecified atom stereocenters. The number of esters is 1. The average Bonchev–Trinajstić information content (AvgIpc) is 2.95. The molecule has 0 aliphatic rings. The first-order valence-electron chi connectivity index (χ1n) is 5.78. The van der Waals surface area contributed by atoms with E-state index in [1.807, 2.05) is 6.92 Å². The zero-order chi connectivity index (χ0) is 14.0. The first-order valence-corrected chi connectivity index (χ1v) is 6.54. The number of aromatic nitrogens is 3. The molecule has 0 atom stereocenters. The van der Waals surface area contributed by atoms with Crippen LogP contribution in [0, 0.1) is 0 Å². The van der Waals surface area contributed by atoms with Crippen molar-refractivity contribution in [3.05, 3.63) is 34.0 Å². The SMILES string of the molecule is CCCc1nc(-n2ccc(Cl)c2Cl)c(C(=O)OC)[nH]1. The number of ether oxygens (including phenoxy) is 1. The van der Waals surface area contributed by atoms with Crippen molar-refractivity contribution in [3.63, 3.8) is 0 Å². The Kier molecular flexibility index (Phi) is 4.17. The molecule has 0 bridgehead atoms. The molecule has 102 valence electrons. The lowest BCUT2D eigenvalue weighted by Gasteiger charge is -2.03. The van der Waals surface area contributed by atoms with E-state index < -0.39 is 5.97 Å². The van der Waals surface area contributed by atoms with Gasteiger partial charge in [0.05, 0.1) is 12.1 Å². The quantitative estimate of drug-likeness (QED) is 0.882. The molecule has 0 spiro atoms. The van der Waals surface area contributed by atoms with Crippen LogP contribution in [0.2, 0.25) is 10.2 Å². The number of rotatable bonds is 4. The second kappa shape index (κ2) is 5.67. The molecule has 7 heteroatoms. The Bertz CT molecular complexity index is 604. The lowest BCUT2D eigenvalue weighted by molar-refractivity contribution is 0.0594. The molecule has 2 heterocycles. The summed E-state index contributed by atoms with van der Waals surface area (Å²) in [7, 11) is 1.32. The molecular weight excluding hydrogens is 289 g/mol. The minimum Gasteiger partial charge on any atom is -0.464 e. The van der Waals surface area contributed by atoms with Crippen LogP contribution in [0.3, 0.4) is 0 Å². The van der Waals surface area contributed by atoms with E-state index in [2.05, 4.69) is 9.97 Å². The van der Waals surface area contributed by atoms with E-state index in [0.29, 0.717) is 21.8 Å². The Labute approximate surface area is 120 Å². The summed E-state index contributed by atoms with van der Waals surface area (Å²) in [4.78, 5) is 19.1. The van der Waals surface area contributed by atoms with Crippen molar-refractivity contribution in [3.8, 4) is 5.82 Å². The van der Waals surface area contributed by atoms with Crippen molar-refractivity contribution in [1.29, 1.82) is 0 Å².